The van der Waals surface area contributed by atoms with Gasteiger partial charge in [0.25, 0.3) is 0 Å². The van der Waals surface area contributed by atoms with Crippen molar-refractivity contribution in [2.75, 3.05) is 52.9 Å². The molecule has 0 radical (unpaired) electrons. The van der Waals surface area contributed by atoms with Crippen LogP contribution in [0.2, 0.25) is 5.02 Å². The highest BCUT2D eigenvalue weighted by Crippen LogP contribution is 2.45. The van der Waals surface area contributed by atoms with Crippen molar-refractivity contribution in [2.45, 2.75) is 122 Å². The van der Waals surface area contributed by atoms with E-state index in [1.165, 1.54) is 65.0 Å². The van der Waals surface area contributed by atoms with Crippen molar-refractivity contribution in [3.05, 3.63) is 480 Å². The minimum Gasteiger partial charge on any atom is -0.497 e. The molecule has 0 bridgehead atoms. The third-order valence-electron chi connectivity index (χ3n) is 25.5. The average Bonchev–Trinajstić information content (AvgIpc) is 1.63. The lowest BCUT2D eigenvalue weighted by molar-refractivity contribution is 0.414. The zero-order chi connectivity index (χ0) is 93.9. The third-order valence-corrected chi connectivity index (χ3v) is 27.0. The lowest BCUT2D eigenvalue weighted by atomic mass is 10.0. The van der Waals surface area contributed by atoms with E-state index in [4.69, 9.17) is 55.5 Å². The lowest BCUT2D eigenvalue weighted by Crippen LogP contribution is -2.35. The molecule has 0 aliphatic carbocycles. The highest BCUT2D eigenvalue weighted by atomic mass is 127. The third kappa shape index (κ3) is 22.1. The second kappa shape index (κ2) is 44.9. The molecular formula is C118H113BrClIN10O4. The molecule has 14 nitrogen and oxygen atoms in total. The van der Waals surface area contributed by atoms with E-state index < -0.39 is 0 Å². The number of para-hydroxylation sites is 1. The van der Waals surface area contributed by atoms with Gasteiger partial charge in [0.2, 0.25) is 0 Å². The molecule has 0 aromatic heterocycles. The number of aryl methyl sites for hydroxylation is 2. The molecule has 135 heavy (non-hydrogen) atoms. The fraction of sp³-hybridized carbons (Fsp3) is 0.195. The van der Waals surface area contributed by atoms with Crippen LogP contribution in [-0.2, 0) is 12.8 Å². The van der Waals surface area contributed by atoms with Gasteiger partial charge in [0.1, 0.15) is 53.8 Å². The number of halogens is 3. The van der Waals surface area contributed by atoms with Crippen LogP contribution < -0.4 is 43.4 Å². The number of ether oxygens (including phenoxy) is 4. The van der Waals surface area contributed by atoms with Gasteiger partial charge in [-0.15, -0.1) is 0 Å². The first-order chi connectivity index (χ1) is 66.0. The Bertz CT molecular complexity index is 6120. The van der Waals surface area contributed by atoms with Crippen LogP contribution in [0.4, 0.5) is 28.4 Å². The standard InChI is InChI=1S/C25H26N2O.C24H23ClN2.C23H21BrN2O.C23H21IN2O.C23H22N2O/c1-4-19-10-12-20(13-11-19)24-18(2)27(22-14-16-23(28-3)17-15-22)25(26-24)21-8-6-5-7-9-21;1-3-18-9-11-19(12-10-18)23-17(2)27(22-15-13-21(25)14-16-22)24(26-23)20-7-5-4-6-8-20;2*1-16-22(17-8-14-21(27-2)15-9-17)25-23(18-6-4-3-5-7-18)26(16)20-12-10-19(24)11-13-20;1-17-22(18-13-15-21(26-2)16-14-18)24-23(19-9-5-3-6-10-19)25(17)20-11-7-4-8-12-20/h5-18,25H,4H2,1-3H3;4-17,24H,3H2,1-2H3;2*3-16,23H,1-2H3;3-17,23H,1-2H3. The van der Waals surface area contributed by atoms with Crippen molar-refractivity contribution in [2.24, 2.45) is 25.0 Å². The molecule has 15 aromatic carbocycles. The number of hydrogen-bond acceptors (Lipinski definition) is 14. The Hall–Kier alpha value is -13.7. The molecule has 17 heteroatoms. The number of anilines is 5. The first-order valence-corrected chi connectivity index (χ1v) is 48.4. The molecule has 5 heterocycles. The van der Waals surface area contributed by atoms with Gasteiger partial charge in [-0.25, -0.2) is 0 Å². The summed E-state index contributed by atoms with van der Waals surface area (Å²) in [6.45, 7) is 15.5. The Morgan fingerprint density at radius 2 is 0.444 bits per heavy atom. The number of methoxy groups -OCH3 is 4. The molecule has 0 spiro atoms. The first-order valence-electron chi connectivity index (χ1n) is 46.1. The average molecular weight is 1980 g/mol. The summed E-state index contributed by atoms with van der Waals surface area (Å²) in [5, 5.41) is 0.748. The number of hydrogen-bond donors (Lipinski definition) is 0. The number of nitrogens with zero attached hydrogens (tertiary/aromatic N) is 10. The fourth-order valence-corrected chi connectivity index (χ4v) is 19.0. The zero-order valence-electron chi connectivity index (χ0n) is 78.0. The van der Waals surface area contributed by atoms with Crippen LogP contribution in [0, 0.1) is 3.57 Å². The molecule has 10 atom stereocenters. The van der Waals surface area contributed by atoms with Crippen molar-refractivity contribution >= 4 is 107 Å². The largest absolute Gasteiger partial charge is 0.497 e. The smallest absolute Gasteiger partial charge is 0.148 e. The normalized spacial score (nSPS) is 19.1. The number of benzene rings is 15. The van der Waals surface area contributed by atoms with Crippen molar-refractivity contribution in [1.29, 1.82) is 0 Å². The zero-order valence-corrected chi connectivity index (χ0v) is 82.5. The quantitative estimate of drug-likeness (QED) is 0.0649. The number of rotatable bonds is 21. The highest BCUT2D eigenvalue weighted by Gasteiger charge is 2.41. The van der Waals surface area contributed by atoms with Gasteiger partial charge < -0.3 is 43.4 Å². The Balaban J connectivity index is 0.000000123. The van der Waals surface area contributed by atoms with E-state index in [1.54, 1.807) is 28.4 Å². The van der Waals surface area contributed by atoms with Crippen LogP contribution in [0.5, 0.6) is 23.0 Å². The Kier molecular flexibility index (Phi) is 31.5. The topological polar surface area (TPSA) is 115 Å². The maximum absolute atomic E-state index is 6.11. The molecule has 0 saturated carbocycles. The van der Waals surface area contributed by atoms with Crippen molar-refractivity contribution in [3.63, 3.8) is 0 Å². The second-order valence-corrected chi connectivity index (χ2v) is 36.3. The molecule has 20 rings (SSSR count). The summed E-state index contributed by atoms with van der Waals surface area (Å²) >= 11 is 12.0. The van der Waals surface area contributed by atoms with Crippen LogP contribution in [0.15, 0.2) is 430 Å². The van der Waals surface area contributed by atoms with Gasteiger partial charge in [0, 0.05) is 41.5 Å². The minimum absolute atomic E-state index is 0.0225. The van der Waals surface area contributed by atoms with Crippen molar-refractivity contribution < 1.29 is 18.9 Å². The second-order valence-electron chi connectivity index (χ2n) is 33.7. The van der Waals surface area contributed by atoms with Gasteiger partial charge in [-0.2, -0.15) is 0 Å². The van der Waals surface area contributed by atoms with E-state index in [2.05, 4.69) is 415 Å². The lowest BCUT2D eigenvalue weighted by Gasteiger charge is -2.30. The number of aliphatic imine (C=N–C) groups is 5. The predicted molar refractivity (Wildman–Crippen MR) is 573 cm³/mol. The summed E-state index contributed by atoms with van der Waals surface area (Å²) in [5.41, 5.74) is 25.8. The molecule has 0 fully saturated rings. The monoisotopic (exact) mass is 1970 g/mol. The molecule has 0 N–H and O–H groups in total. The van der Waals surface area contributed by atoms with Crippen molar-refractivity contribution in [1.82, 2.24) is 0 Å². The summed E-state index contributed by atoms with van der Waals surface area (Å²) < 4.78 is 23.5. The van der Waals surface area contributed by atoms with E-state index in [-0.39, 0.29) is 61.0 Å². The van der Waals surface area contributed by atoms with Crippen LogP contribution in [-0.4, -0.2) is 87.2 Å². The van der Waals surface area contributed by atoms with Gasteiger partial charge in [0.05, 0.1) is 87.2 Å². The van der Waals surface area contributed by atoms with E-state index >= 15 is 0 Å². The molecule has 10 unspecified atom stereocenters. The van der Waals surface area contributed by atoms with Gasteiger partial charge in [-0.3, -0.25) is 25.0 Å². The maximum Gasteiger partial charge on any atom is 0.148 e. The van der Waals surface area contributed by atoms with Crippen LogP contribution in [0.25, 0.3) is 0 Å². The van der Waals surface area contributed by atoms with Crippen molar-refractivity contribution in [3.8, 4) is 23.0 Å². The predicted octanol–water partition coefficient (Wildman–Crippen LogP) is 28.6. The summed E-state index contributed by atoms with van der Waals surface area (Å²) in [6, 6.07) is 139. The molecule has 5 aliphatic heterocycles. The van der Waals surface area contributed by atoms with Crippen LogP contribution >= 0.6 is 50.1 Å². The minimum atomic E-state index is -0.0422. The van der Waals surface area contributed by atoms with E-state index in [1.807, 2.05) is 97.1 Å². The molecule has 0 amide bonds. The Morgan fingerprint density at radius 3 is 0.674 bits per heavy atom. The molecule has 5 aliphatic rings. The Labute approximate surface area is 823 Å². The maximum atomic E-state index is 6.11. The van der Waals surface area contributed by atoms with E-state index in [0.29, 0.717) is 0 Å². The summed E-state index contributed by atoms with van der Waals surface area (Å²) in [5.74, 6) is 3.44. The molecule has 680 valence electrons. The molecule has 0 saturated heterocycles. The first kappa shape index (κ1) is 94.5. The molecular weight excluding hydrogens is 1860 g/mol. The Morgan fingerprint density at radius 1 is 0.252 bits per heavy atom. The van der Waals surface area contributed by atoms with Gasteiger partial charge in [-0.05, 0) is 319 Å². The summed E-state index contributed by atoms with van der Waals surface area (Å²) in [6.07, 6.45) is 1.93. The van der Waals surface area contributed by atoms with Gasteiger partial charge in [-0.1, -0.05) is 260 Å². The van der Waals surface area contributed by atoms with Gasteiger partial charge in [0.15, 0.2) is 0 Å². The highest BCUT2D eigenvalue weighted by molar-refractivity contribution is 14.1. The van der Waals surface area contributed by atoms with Crippen LogP contribution in [0.3, 0.4) is 0 Å². The van der Waals surface area contributed by atoms with Gasteiger partial charge >= 0.3 is 0 Å². The van der Waals surface area contributed by atoms with Crippen LogP contribution in [0.1, 0.15) is 146 Å². The fourth-order valence-electron chi connectivity index (χ4n) is 18.2. The summed E-state index contributed by atoms with van der Waals surface area (Å²) in [4.78, 5) is 37.6. The SMILES string of the molecule is CCc1ccc(C2=NC(c3ccccc3)N(c3ccc(Cl)cc3)C2C)cc1.CCc1ccc(C2=NC(c3ccccc3)N(c3ccc(OC)cc3)C2C)cc1.COc1ccc(C2=NC(c3ccccc3)N(c3ccc(Br)cc3)C2C)cc1.COc1ccc(C2=NC(c3ccccc3)N(c3ccc(I)cc3)C2C)cc1.COc1ccc(C2=NC(c3ccccc3)N(c3ccccc3)C2C)cc1. The van der Waals surface area contributed by atoms with E-state index in [0.717, 1.165) is 108 Å². The summed E-state index contributed by atoms with van der Waals surface area (Å²) in [7, 11) is 6.76. The van der Waals surface area contributed by atoms with E-state index in [9.17, 15) is 0 Å². The molecule has 15 aromatic rings.